The van der Waals surface area contributed by atoms with E-state index in [-0.39, 0.29) is 4.70 Å². The topological polar surface area (TPSA) is 3.88 Å². The molecule has 0 unspecified atom stereocenters. The average Bonchev–Trinajstić information content (AvgIpc) is 2.01. The van der Waals surface area contributed by atoms with Gasteiger partial charge in [0.05, 0.1) is 0 Å². The van der Waals surface area contributed by atoms with Gasteiger partial charge in [-0.2, -0.15) is 0 Å². The fourth-order valence-electron chi connectivity index (χ4n) is 1.13. The number of unbranched alkanes of at least 4 members (excludes halogenated alkanes) is 1. The predicted molar refractivity (Wildman–Crippen MR) is 46.3 cm³/mol. The zero-order chi connectivity index (χ0) is 8.10. The van der Waals surface area contributed by atoms with Gasteiger partial charge in [-0.05, 0) is 13.0 Å². The summed E-state index contributed by atoms with van der Waals surface area (Å²) in [5.74, 6) is 0. The van der Waals surface area contributed by atoms with E-state index in [4.69, 9.17) is 0 Å². The normalized spacial score (nSPS) is 9.17. The highest BCUT2D eigenvalue weighted by molar-refractivity contribution is 5.01. The Morgan fingerprint density at radius 3 is 2.75 bits per heavy atom. The molecule has 1 nitrogen and oxygen atoms in total. The fourth-order valence-corrected chi connectivity index (χ4v) is 1.13. The van der Waals surface area contributed by atoms with Crippen LogP contribution in [0.2, 0.25) is 0 Å². The van der Waals surface area contributed by atoms with Gasteiger partial charge in [0.2, 0.25) is 0 Å². The van der Waals surface area contributed by atoms with Gasteiger partial charge in [0.15, 0.2) is 12.4 Å². The third kappa shape index (κ3) is 3.46. The zero-order valence-corrected chi connectivity index (χ0v) is 7.76. The van der Waals surface area contributed by atoms with Crippen LogP contribution in [-0.4, -0.2) is 0 Å². The van der Waals surface area contributed by atoms with E-state index in [1.807, 2.05) is 0 Å². The summed E-state index contributed by atoms with van der Waals surface area (Å²) < 4.78 is 2.25. The van der Waals surface area contributed by atoms with Gasteiger partial charge in [-0.3, -0.25) is 0 Å². The van der Waals surface area contributed by atoms with E-state index >= 15 is 0 Å². The summed E-state index contributed by atoms with van der Waals surface area (Å²) >= 11 is 0. The highest BCUT2D eigenvalue weighted by Crippen LogP contribution is 1.91. The van der Waals surface area contributed by atoms with Crippen LogP contribution in [0.25, 0.3) is 0 Å². The van der Waals surface area contributed by atoms with Crippen LogP contribution in [0.1, 0.15) is 25.3 Å². The van der Waals surface area contributed by atoms with Crippen LogP contribution < -0.4 is 9.27 Å². The summed E-state index contributed by atoms with van der Waals surface area (Å²) in [4.78, 5) is 0. The maximum Gasteiger partial charge on any atom is 0.171 e. The number of halogens is 1. The smallest absolute Gasteiger partial charge is 0.171 e. The van der Waals surface area contributed by atoms with Crippen LogP contribution >= 0.6 is 0 Å². The molecule has 2 heteroatoms. The molecule has 0 aromatic carbocycles. The maximum atomic E-state index is 2.25. The number of aromatic nitrogens is 1. The molecule has 1 rings (SSSR count). The molecular weight excluding hydrogens is 153 g/mol. The third-order valence-electron chi connectivity index (χ3n) is 1.78. The minimum atomic E-state index is 0. The monoisotopic (exact) mass is 169 g/mol. The van der Waals surface area contributed by atoms with Crippen LogP contribution in [-0.2, 0) is 6.54 Å². The molecule has 0 saturated heterocycles. The Morgan fingerprint density at radius 2 is 2.17 bits per heavy atom. The summed E-state index contributed by atoms with van der Waals surface area (Å²) in [5.41, 5.74) is 1.34. The number of aryl methyl sites for hydroxylation is 2. The van der Waals surface area contributed by atoms with Crippen LogP contribution in [0.5, 0.6) is 0 Å². The summed E-state index contributed by atoms with van der Waals surface area (Å²) in [6.07, 6.45) is 6.85. The molecule has 0 amide bonds. The third-order valence-corrected chi connectivity index (χ3v) is 1.78. The highest BCUT2D eigenvalue weighted by Gasteiger charge is 1.97. The molecule has 0 aliphatic rings. The molecule has 0 spiro atoms. The number of rotatable bonds is 3. The first kappa shape index (κ1) is 11.1. The summed E-state index contributed by atoms with van der Waals surface area (Å²) in [7, 11) is 0. The summed E-state index contributed by atoms with van der Waals surface area (Å²) in [6, 6.07) is 4.23. The van der Waals surface area contributed by atoms with Crippen LogP contribution in [0.4, 0.5) is 0 Å². The van der Waals surface area contributed by atoms with Crippen LogP contribution in [0.3, 0.4) is 0 Å². The molecule has 0 aliphatic heterocycles. The molecule has 12 heavy (non-hydrogen) atoms. The van der Waals surface area contributed by atoms with Crippen molar-refractivity contribution in [2.75, 3.05) is 0 Å². The molecule has 1 aromatic heterocycles. The van der Waals surface area contributed by atoms with Gasteiger partial charge in [0, 0.05) is 18.1 Å². The minimum Gasteiger partial charge on any atom is -1.00 e. The van der Waals surface area contributed by atoms with Crippen LogP contribution in [0.15, 0.2) is 24.5 Å². The Morgan fingerprint density at radius 1 is 1.42 bits per heavy atom. The Balaban J connectivity index is 0.00000121. The van der Waals surface area contributed by atoms with E-state index in [0.29, 0.717) is 0 Å². The number of nitrogens with zero attached hydrogens (tertiary/aromatic N) is 1. The van der Waals surface area contributed by atoms with Crippen molar-refractivity contribution in [3.8, 4) is 0 Å². The van der Waals surface area contributed by atoms with Crippen LogP contribution in [0, 0.1) is 6.92 Å². The van der Waals surface area contributed by atoms with Crippen molar-refractivity contribution >= 4 is 0 Å². The predicted octanol–water partition coefficient (Wildman–Crippen LogP) is -0.913. The summed E-state index contributed by atoms with van der Waals surface area (Å²) in [6.45, 7) is 5.50. The Kier molecular flexibility index (Phi) is 5.26. The summed E-state index contributed by atoms with van der Waals surface area (Å²) in [5, 5.41) is 0. The van der Waals surface area contributed by atoms with Crippen molar-refractivity contribution < 1.29 is 9.27 Å². The zero-order valence-electron chi connectivity index (χ0n) is 7.76. The van der Waals surface area contributed by atoms with Gasteiger partial charge in [-0.15, -0.1) is 0 Å². The average molecular weight is 169 g/mol. The number of pyridine rings is 1. The second-order valence-corrected chi connectivity index (χ2v) is 2.97. The molecule has 0 atom stereocenters. The van der Waals surface area contributed by atoms with Gasteiger partial charge in [-0.25, -0.2) is 4.57 Å². The molecule has 1 aromatic rings. The van der Waals surface area contributed by atoms with Crippen molar-refractivity contribution in [2.45, 2.75) is 33.2 Å². The van der Waals surface area contributed by atoms with Crippen molar-refractivity contribution in [2.24, 2.45) is 0 Å². The number of hydrogen-bond donors (Lipinski definition) is 0. The first-order valence-corrected chi connectivity index (χ1v) is 4.28. The lowest BCUT2D eigenvalue weighted by atomic mass is 10.3. The quantitative estimate of drug-likeness (QED) is 0.516. The lowest BCUT2D eigenvalue weighted by molar-refractivity contribution is -0.697. The Hall–Kier alpha value is -0.920. The highest BCUT2D eigenvalue weighted by atomic mass is 19.0. The van der Waals surface area contributed by atoms with Crippen molar-refractivity contribution in [1.29, 1.82) is 0 Å². The fraction of sp³-hybridized carbons (Fsp3) is 0.500. The van der Waals surface area contributed by atoms with Crippen molar-refractivity contribution in [3.63, 3.8) is 0 Å². The molecular formula is C10H16FN. The molecule has 0 bridgehead atoms. The molecule has 68 valence electrons. The van der Waals surface area contributed by atoms with Gasteiger partial charge < -0.3 is 4.70 Å². The Labute approximate surface area is 73.4 Å². The minimum absolute atomic E-state index is 0. The largest absolute Gasteiger partial charge is 1.00 e. The molecule has 0 aliphatic carbocycles. The SMILES string of the molecule is CCCC[n+]1cccc(C)c1.[F-]. The van der Waals surface area contributed by atoms with E-state index in [1.165, 1.54) is 18.4 Å². The first-order valence-electron chi connectivity index (χ1n) is 4.28. The Bertz CT molecular complexity index is 223. The maximum absolute atomic E-state index is 2.25. The van der Waals surface area contributed by atoms with E-state index in [2.05, 4.69) is 42.9 Å². The first-order chi connectivity index (χ1) is 5.33. The standard InChI is InChI=1S/C10H16N.FH/c1-3-4-7-11-8-5-6-10(2)9-11;/h5-6,8-9H,3-4,7H2,1-2H3;1H/q+1;/p-1. The van der Waals surface area contributed by atoms with E-state index in [9.17, 15) is 0 Å². The molecule has 0 saturated carbocycles. The lowest BCUT2D eigenvalue weighted by Crippen LogP contribution is -3.00. The van der Waals surface area contributed by atoms with Gasteiger partial charge >= 0.3 is 0 Å². The van der Waals surface area contributed by atoms with E-state index in [0.717, 1.165) is 6.54 Å². The second-order valence-electron chi connectivity index (χ2n) is 2.97. The van der Waals surface area contributed by atoms with E-state index in [1.54, 1.807) is 0 Å². The number of hydrogen-bond acceptors (Lipinski definition) is 0. The second kappa shape index (κ2) is 5.70. The van der Waals surface area contributed by atoms with Gasteiger partial charge in [0.25, 0.3) is 0 Å². The van der Waals surface area contributed by atoms with Gasteiger partial charge in [0.1, 0.15) is 6.54 Å². The molecule has 0 fully saturated rings. The van der Waals surface area contributed by atoms with Gasteiger partial charge in [-0.1, -0.05) is 13.3 Å². The molecule has 0 radical (unpaired) electrons. The van der Waals surface area contributed by atoms with Crippen molar-refractivity contribution in [3.05, 3.63) is 30.1 Å². The van der Waals surface area contributed by atoms with Crippen molar-refractivity contribution in [1.82, 2.24) is 0 Å². The molecule has 0 N–H and O–H groups in total. The van der Waals surface area contributed by atoms with E-state index < -0.39 is 0 Å². The molecule has 1 heterocycles. The lowest BCUT2D eigenvalue weighted by Gasteiger charge is -1.94.